The van der Waals surface area contributed by atoms with Crippen molar-refractivity contribution in [2.45, 2.75) is 13.1 Å². The van der Waals surface area contributed by atoms with Crippen LogP contribution in [0.1, 0.15) is 0 Å². The zero-order valence-corrected chi connectivity index (χ0v) is 11.8. The van der Waals surface area contributed by atoms with E-state index in [1.54, 1.807) is 0 Å². The van der Waals surface area contributed by atoms with Crippen molar-refractivity contribution in [1.29, 1.82) is 0 Å². The SMILES string of the molecule is c1ccc(OCCn2c3[n+](c4ccccc42)CCN3)cc1. The quantitative estimate of drug-likeness (QED) is 0.744. The molecule has 1 aromatic heterocycles. The molecule has 0 bridgehead atoms. The van der Waals surface area contributed by atoms with Crippen molar-refractivity contribution < 1.29 is 9.30 Å². The smallest absolute Gasteiger partial charge is 0.358 e. The van der Waals surface area contributed by atoms with Gasteiger partial charge in [0.2, 0.25) is 0 Å². The highest BCUT2D eigenvalue weighted by Gasteiger charge is 2.27. The maximum atomic E-state index is 5.83. The van der Waals surface area contributed by atoms with Crippen LogP contribution in [-0.4, -0.2) is 17.7 Å². The summed E-state index contributed by atoms with van der Waals surface area (Å²) in [5, 5.41) is 3.48. The zero-order chi connectivity index (χ0) is 14.1. The first-order valence-electron chi connectivity index (χ1n) is 7.36. The van der Waals surface area contributed by atoms with Gasteiger partial charge in [0.1, 0.15) is 36.5 Å². The van der Waals surface area contributed by atoms with Gasteiger partial charge in [-0.15, -0.1) is 0 Å². The predicted molar refractivity (Wildman–Crippen MR) is 82.6 cm³/mol. The Morgan fingerprint density at radius 2 is 1.86 bits per heavy atom. The Labute approximate surface area is 123 Å². The average Bonchev–Trinajstić information content (AvgIpc) is 3.11. The third-order valence-electron chi connectivity index (χ3n) is 3.92. The molecule has 21 heavy (non-hydrogen) atoms. The second-order valence-corrected chi connectivity index (χ2v) is 5.20. The summed E-state index contributed by atoms with van der Waals surface area (Å²) in [4.78, 5) is 0. The number of hydrogen-bond acceptors (Lipinski definition) is 2. The van der Waals surface area contributed by atoms with E-state index in [9.17, 15) is 0 Å². The number of anilines is 1. The zero-order valence-electron chi connectivity index (χ0n) is 11.8. The van der Waals surface area contributed by atoms with Crippen LogP contribution < -0.4 is 14.6 Å². The fraction of sp³-hybridized carbons (Fsp3) is 0.235. The monoisotopic (exact) mass is 280 g/mol. The fourth-order valence-electron chi connectivity index (χ4n) is 2.99. The lowest BCUT2D eigenvalue weighted by Crippen LogP contribution is -2.29. The van der Waals surface area contributed by atoms with Crippen LogP contribution in [0.4, 0.5) is 5.95 Å². The highest BCUT2D eigenvalue weighted by molar-refractivity contribution is 5.74. The fourth-order valence-corrected chi connectivity index (χ4v) is 2.99. The van der Waals surface area contributed by atoms with Gasteiger partial charge in [-0.3, -0.25) is 5.32 Å². The number of para-hydroxylation sites is 3. The van der Waals surface area contributed by atoms with Gasteiger partial charge in [0.15, 0.2) is 0 Å². The number of benzene rings is 2. The standard InChI is InChI=1S/C17H17N3O/c1-2-6-14(7-3-1)21-13-12-20-16-9-5-4-8-15(16)19-11-10-18-17(19)20/h1-9H,10-13H2/p+1. The topological polar surface area (TPSA) is 30.1 Å². The maximum absolute atomic E-state index is 5.83. The van der Waals surface area contributed by atoms with Gasteiger partial charge < -0.3 is 4.74 Å². The molecule has 1 aliphatic rings. The lowest BCUT2D eigenvalue weighted by Gasteiger charge is -2.06. The molecular formula is C17H18N3O+. The van der Waals surface area contributed by atoms with Crippen LogP contribution in [0.3, 0.4) is 0 Å². The van der Waals surface area contributed by atoms with Gasteiger partial charge in [0.05, 0.1) is 6.54 Å². The number of fused-ring (bicyclic) bond motifs is 3. The first-order valence-corrected chi connectivity index (χ1v) is 7.36. The van der Waals surface area contributed by atoms with E-state index in [0.29, 0.717) is 6.61 Å². The van der Waals surface area contributed by atoms with Crippen molar-refractivity contribution >= 4 is 17.0 Å². The van der Waals surface area contributed by atoms with Crippen molar-refractivity contribution in [2.75, 3.05) is 18.5 Å². The minimum Gasteiger partial charge on any atom is -0.490 e. The Morgan fingerprint density at radius 3 is 2.76 bits per heavy atom. The summed E-state index contributed by atoms with van der Waals surface area (Å²) in [6, 6.07) is 18.5. The number of hydrogen-bond donors (Lipinski definition) is 1. The molecule has 2 aromatic carbocycles. The Balaban J connectivity index is 1.59. The third kappa shape index (κ3) is 2.13. The molecule has 106 valence electrons. The van der Waals surface area contributed by atoms with E-state index in [1.807, 2.05) is 30.3 Å². The summed E-state index contributed by atoms with van der Waals surface area (Å²) in [6.45, 7) is 3.53. The number of rotatable bonds is 4. The second-order valence-electron chi connectivity index (χ2n) is 5.20. The van der Waals surface area contributed by atoms with Crippen LogP contribution >= 0.6 is 0 Å². The molecule has 3 aromatic rings. The summed E-state index contributed by atoms with van der Waals surface area (Å²) in [7, 11) is 0. The molecule has 4 heteroatoms. The van der Waals surface area contributed by atoms with E-state index < -0.39 is 0 Å². The second kappa shape index (κ2) is 5.13. The minimum absolute atomic E-state index is 0.664. The lowest BCUT2D eigenvalue weighted by molar-refractivity contribution is -0.644. The van der Waals surface area contributed by atoms with Crippen molar-refractivity contribution in [2.24, 2.45) is 0 Å². The largest absolute Gasteiger partial charge is 0.490 e. The van der Waals surface area contributed by atoms with Gasteiger partial charge in [0.25, 0.3) is 0 Å². The van der Waals surface area contributed by atoms with Crippen LogP contribution in [0, 0.1) is 0 Å². The molecule has 0 amide bonds. The van der Waals surface area contributed by atoms with E-state index in [-0.39, 0.29) is 0 Å². The Kier molecular flexibility index (Phi) is 2.99. The number of nitrogens with one attached hydrogen (secondary N) is 1. The van der Waals surface area contributed by atoms with Crippen molar-refractivity contribution in [3.05, 3.63) is 54.6 Å². The Hall–Kier alpha value is -2.49. The summed E-state index contributed by atoms with van der Waals surface area (Å²) < 4.78 is 10.5. The highest BCUT2D eigenvalue weighted by atomic mass is 16.5. The van der Waals surface area contributed by atoms with Crippen LogP contribution in [0.2, 0.25) is 0 Å². The molecule has 4 rings (SSSR count). The molecule has 0 spiro atoms. The molecule has 2 heterocycles. The van der Waals surface area contributed by atoms with Crippen molar-refractivity contribution in [3.8, 4) is 5.75 Å². The summed E-state index contributed by atoms with van der Waals surface area (Å²) in [5.41, 5.74) is 2.55. The van der Waals surface area contributed by atoms with Crippen LogP contribution in [0.15, 0.2) is 54.6 Å². The number of ether oxygens (including phenoxy) is 1. The molecular weight excluding hydrogens is 262 g/mol. The van der Waals surface area contributed by atoms with Crippen molar-refractivity contribution in [3.63, 3.8) is 0 Å². The van der Waals surface area contributed by atoms with Gasteiger partial charge in [-0.2, -0.15) is 0 Å². The number of aromatic nitrogens is 2. The molecule has 0 aliphatic carbocycles. The molecule has 0 radical (unpaired) electrons. The summed E-state index contributed by atoms with van der Waals surface area (Å²) >= 11 is 0. The first-order chi connectivity index (χ1) is 10.4. The van der Waals surface area contributed by atoms with E-state index in [2.05, 4.69) is 38.7 Å². The molecule has 4 nitrogen and oxygen atoms in total. The first kappa shape index (κ1) is 12.3. The van der Waals surface area contributed by atoms with E-state index in [0.717, 1.165) is 25.4 Å². The normalized spacial score (nSPS) is 13.1. The lowest BCUT2D eigenvalue weighted by atomic mass is 10.3. The van der Waals surface area contributed by atoms with Crippen LogP contribution in [-0.2, 0) is 13.1 Å². The molecule has 0 saturated heterocycles. The van der Waals surface area contributed by atoms with Gasteiger partial charge in [0, 0.05) is 0 Å². The number of imidazole rings is 1. The molecule has 0 fully saturated rings. The molecule has 0 atom stereocenters. The summed E-state index contributed by atoms with van der Waals surface area (Å²) in [5.74, 6) is 2.11. The van der Waals surface area contributed by atoms with Crippen molar-refractivity contribution in [1.82, 2.24) is 4.57 Å². The Bertz CT molecular complexity index is 764. The predicted octanol–water partition coefficient (Wildman–Crippen LogP) is 2.43. The van der Waals surface area contributed by atoms with Gasteiger partial charge in [-0.25, -0.2) is 9.13 Å². The molecule has 0 unspecified atom stereocenters. The summed E-state index contributed by atoms with van der Waals surface area (Å²) in [6.07, 6.45) is 0. The van der Waals surface area contributed by atoms with E-state index in [1.165, 1.54) is 17.0 Å². The average molecular weight is 280 g/mol. The number of nitrogens with zero attached hydrogens (tertiary/aromatic N) is 2. The van der Waals surface area contributed by atoms with Gasteiger partial charge in [-0.1, -0.05) is 30.3 Å². The minimum atomic E-state index is 0.664. The van der Waals surface area contributed by atoms with Gasteiger partial charge in [-0.05, 0) is 24.3 Å². The van der Waals surface area contributed by atoms with E-state index in [4.69, 9.17) is 4.74 Å². The van der Waals surface area contributed by atoms with Crippen LogP contribution in [0.25, 0.3) is 11.0 Å². The third-order valence-corrected chi connectivity index (χ3v) is 3.92. The van der Waals surface area contributed by atoms with E-state index >= 15 is 0 Å². The highest BCUT2D eigenvalue weighted by Crippen LogP contribution is 2.20. The van der Waals surface area contributed by atoms with Crippen LogP contribution in [0.5, 0.6) is 5.75 Å². The molecule has 0 saturated carbocycles. The molecule has 1 N–H and O–H groups in total. The molecule has 1 aliphatic heterocycles. The van der Waals surface area contributed by atoms with Gasteiger partial charge >= 0.3 is 5.95 Å². The maximum Gasteiger partial charge on any atom is 0.358 e. The Morgan fingerprint density at radius 1 is 1.05 bits per heavy atom.